The molecule has 0 amide bonds. The van der Waals surface area contributed by atoms with E-state index in [4.69, 9.17) is 9.40 Å². The van der Waals surface area contributed by atoms with Gasteiger partial charge in [0.05, 0.1) is 11.3 Å². The fourth-order valence-electron chi connectivity index (χ4n) is 6.46. The van der Waals surface area contributed by atoms with Gasteiger partial charge in [0.15, 0.2) is 5.78 Å². The van der Waals surface area contributed by atoms with Gasteiger partial charge in [-0.05, 0) is 55.3 Å². The number of aromatic nitrogens is 2. The summed E-state index contributed by atoms with van der Waals surface area (Å²) in [6.07, 6.45) is 6.86. The van der Waals surface area contributed by atoms with E-state index in [1.807, 2.05) is 58.2 Å². The van der Waals surface area contributed by atoms with Crippen LogP contribution in [0.4, 0.5) is 0 Å². The molecule has 7 aromatic rings. The molecule has 0 unspecified atom stereocenters. The van der Waals surface area contributed by atoms with Gasteiger partial charge in [-0.2, -0.15) is 0 Å². The van der Waals surface area contributed by atoms with Crippen LogP contribution in [0.25, 0.3) is 60.3 Å². The Morgan fingerprint density at radius 2 is 1.52 bits per heavy atom. The Labute approximate surface area is 283 Å². The molecule has 0 fully saturated rings. The van der Waals surface area contributed by atoms with E-state index in [0.717, 1.165) is 86.0 Å². The monoisotopic (exact) mass is 788 g/mol. The Morgan fingerprint density at radius 3 is 2.24 bits per heavy atom. The first-order valence-corrected chi connectivity index (χ1v) is 16.0. The number of hydrogen-bond acceptors (Lipinski definition) is 4. The molecule has 0 aliphatic carbocycles. The van der Waals surface area contributed by atoms with E-state index in [-0.39, 0.29) is 43.5 Å². The number of carbonyl (C=O) groups excluding carboxylic acids is 1. The maximum Gasteiger partial charge on any atom is 0.162 e. The standard InChI is InChI=1S/C27H15N2O.C13H24O2.Ir/c1-2-9-18(10-3-1)29-21-13-7-15-23-25(21)24-20(12-6-14-22(24)30-23)26-27(29)19-11-5-4-8-17(19)16-28-26;1-5-10(6-2)12(14)9-13(15)11(7-3)8-4;/h1-11,13-16H;9-11,14H,5-8H2,1-4H3;/q-1;;/b;12-9-;. The second-order valence-electron chi connectivity index (χ2n) is 11.6. The summed E-state index contributed by atoms with van der Waals surface area (Å²) in [4.78, 5) is 16.7. The summed E-state index contributed by atoms with van der Waals surface area (Å²) >= 11 is 0. The third-order valence-corrected chi connectivity index (χ3v) is 9.00. The molecule has 237 valence electrons. The zero-order chi connectivity index (χ0) is 31.5. The molecule has 0 saturated heterocycles. The van der Waals surface area contributed by atoms with Gasteiger partial charge in [0.2, 0.25) is 0 Å². The number of aliphatic hydroxyl groups is 1. The predicted octanol–water partition coefficient (Wildman–Crippen LogP) is 10.9. The summed E-state index contributed by atoms with van der Waals surface area (Å²) < 4.78 is 8.54. The maximum absolute atomic E-state index is 11.7. The molecule has 0 saturated carbocycles. The Morgan fingerprint density at radius 1 is 0.848 bits per heavy atom. The Bertz CT molecular complexity index is 2150. The van der Waals surface area contributed by atoms with Gasteiger partial charge >= 0.3 is 0 Å². The van der Waals surface area contributed by atoms with E-state index in [1.54, 1.807) is 0 Å². The van der Waals surface area contributed by atoms with Crippen molar-refractivity contribution in [2.24, 2.45) is 11.8 Å². The number of benzene rings is 4. The number of fused-ring (bicyclic) bond motifs is 4. The van der Waals surface area contributed by atoms with Gasteiger partial charge in [0, 0.05) is 77.2 Å². The molecule has 4 aromatic carbocycles. The third kappa shape index (κ3) is 6.00. The van der Waals surface area contributed by atoms with E-state index in [0.29, 0.717) is 0 Å². The molecule has 3 aromatic heterocycles. The first kappa shape index (κ1) is 33.1. The van der Waals surface area contributed by atoms with Crippen LogP contribution in [0.2, 0.25) is 0 Å². The number of aliphatic hydroxyl groups excluding tert-OH is 1. The Balaban J connectivity index is 0.000000225. The molecule has 0 aliphatic rings. The van der Waals surface area contributed by atoms with Crippen molar-refractivity contribution in [3.63, 3.8) is 0 Å². The van der Waals surface area contributed by atoms with Crippen molar-refractivity contribution in [2.75, 3.05) is 0 Å². The van der Waals surface area contributed by atoms with Crippen LogP contribution in [0.3, 0.4) is 0 Å². The SMILES string of the molecule is CCC(CC)C(=O)/C=C(\O)C(CC)CC.[Ir].[c-]1ccc2oc3cccc4c3c2c1c1ncc2ccccc2c1n4-c1ccccc1. The van der Waals surface area contributed by atoms with Crippen LogP contribution >= 0.6 is 0 Å². The van der Waals surface area contributed by atoms with Crippen molar-refractivity contribution in [1.29, 1.82) is 0 Å². The zero-order valence-corrected chi connectivity index (χ0v) is 29.1. The number of hydrogen-bond donors (Lipinski definition) is 1. The first-order valence-electron chi connectivity index (χ1n) is 16.0. The van der Waals surface area contributed by atoms with Crippen molar-refractivity contribution in [3.8, 4) is 5.69 Å². The van der Waals surface area contributed by atoms with Gasteiger partial charge in [0.25, 0.3) is 0 Å². The summed E-state index contributed by atoms with van der Waals surface area (Å²) in [6.45, 7) is 8.07. The van der Waals surface area contributed by atoms with E-state index >= 15 is 0 Å². The van der Waals surface area contributed by atoms with Crippen LogP contribution in [0, 0.1) is 17.9 Å². The van der Waals surface area contributed by atoms with E-state index < -0.39 is 0 Å². The van der Waals surface area contributed by atoms with Crippen LogP contribution in [-0.4, -0.2) is 20.4 Å². The van der Waals surface area contributed by atoms with E-state index in [1.165, 1.54) is 6.08 Å². The van der Waals surface area contributed by atoms with E-state index in [2.05, 4.69) is 71.3 Å². The third-order valence-electron chi connectivity index (χ3n) is 9.00. The second-order valence-corrected chi connectivity index (χ2v) is 11.6. The topological polar surface area (TPSA) is 68.3 Å². The molecule has 7 rings (SSSR count). The zero-order valence-electron chi connectivity index (χ0n) is 26.7. The number of para-hydroxylation sites is 1. The van der Waals surface area contributed by atoms with Gasteiger partial charge in [-0.15, -0.1) is 17.5 Å². The molecule has 6 heteroatoms. The van der Waals surface area contributed by atoms with Gasteiger partial charge in [0.1, 0.15) is 5.58 Å². The fourth-order valence-corrected chi connectivity index (χ4v) is 6.46. The van der Waals surface area contributed by atoms with Crippen molar-refractivity contribution in [2.45, 2.75) is 53.4 Å². The second kappa shape index (κ2) is 14.5. The maximum atomic E-state index is 11.7. The van der Waals surface area contributed by atoms with Crippen molar-refractivity contribution < 1.29 is 34.4 Å². The summed E-state index contributed by atoms with van der Waals surface area (Å²) in [7, 11) is 0. The molecule has 0 atom stereocenters. The molecule has 1 N–H and O–H groups in total. The molecule has 0 aliphatic heterocycles. The quantitative estimate of drug-likeness (QED) is 0.0946. The number of pyridine rings is 1. The van der Waals surface area contributed by atoms with Gasteiger partial charge < -0.3 is 19.1 Å². The minimum Gasteiger partial charge on any atom is -0.512 e. The number of ketones is 1. The number of furan rings is 1. The summed E-state index contributed by atoms with van der Waals surface area (Å²) in [6, 6.07) is 32.5. The molecule has 5 nitrogen and oxygen atoms in total. The molecular weight excluding hydrogens is 749 g/mol. The molecule has 0 bridgehead atoms. The van der Waals surface area contributed by atoms with Crippen LogP contribution in [0.5, 0.6) is 0 Å². The van der Waals surface area contributed by atoms with Gasteiger partial charge in [-0.1, -0.05) is 87.7 Å². The number of carbonyl (C=O) groups is 1. The Hall–Kier alpha value is -4.25. The average Bonchev–Trinajstić information content (AvgIpc) is 3.40. The summed E-state index contributed by atoms with van der Waals surface area (Å²) in [5.41, 5.74) is 5.92. The van der Waals surface area contributed by atoms with Crippen molar-refractivity contribution in [1.82, 2.24) is 9.55 Å². The van der Waals surface area contributed by atoms with Crippen molar-refractivity contribution in [3.05, 3.63) is 109 Å². The minimum absolute atomic E-state index is 0. The first-order chi connectivity index (χ1) is 22.0. The number of rotatable bonds is 8. The number of allylic oxidation sites excluding steroid dienone is 2. The normalized spacial score (nSPS) is 11.9. The largest absolute Gasteiger partial charge is 0.512 e. The average molecular weight is 788 g/mol. The van der Waals surface area contributed by atoms with Crippen LogP contribution < -0.4 is 0 Å². The molecule has 1 radical (unpaired) electrons. The summed E-state index contributed by atoms with van der Waals surface area (Å²) in [5, 5.41) is 15.2. The van der Waals surface area contributed by atoms with Crippen molar-refractivity contribution >= 4 is 60.4 Å². The van der Waals surface area contributed by atoms with Gasteiger partial charge in [-0.25, -0.2) is 0 Å². The van der Waals surface area contributed by atoms with Crippen LogP contribution in [0.15, 0.2) is 107 Å². The van der Waals surface area contributed by atoms with Crippen LogP contribution in [0.1, 0.15) is 53.4 Å². The summed E-state index contributed by atoms with van der Waals surface area (Å²) in [5.74, 6) is 0.547. The molecule has 0 spiro atoms. The molecule has 46 heavy (non-hydrogen) atoms. The predicted molar refractivity (Wildman–Crippen MR) is 186 cm³/mol. The minimum atomic E-state index is 0. The Kier molecular flexibility index (Phi) is 10.4. The smallest absolute Gasteiger partial charge is 0.162 e. The fraction of sp³-hybridized carbons (Fsp3) is 0.250. The van der Waals surface area contributed by atoms with Gasteiger partial charge in [-0.3, -0.25) is 4.79 Å². The van der Waals surface area contributed by atoms with Crippen LogP contribution in [-0.2, 0) is 24.9 Å². The molecule has 3 heterocycles. The molecular formula is C40H39IrN2O3-. The van der Waals surface area contributed by atoms with E-state index in [9.17, 15) is 9.90 Å². The number of nitrogens with zero attached hydrogens (tertiary/aromatic N) is 2.